The van der Waals surface area contributed by atoms with Crippen LogP contribution in [0.25, 0.3) is 0 Å². The number of rotatable bonds is 6. The molecule has 94 valence electrons. The summed E-state index contributed by atoms with van der Waals surface area (Å²) in [4.78, 5) is 10.5. The molecule has 0 aliphatic heterocycles. The topological polar surface area (TPSA) is 136 Å². The van der Waals surface area contributed by atoms with E-state index in [-0.39, 0.29) is 11.5 Å². The molecule has 0 spiro atoms. The Morgan fingerprint density at radius 3 is 2.12 bits per heavy atom. The van der Waals surface area contributed by atoms with Crippen molar-refractivity contribution in [1.82, 2.24) is 10.2 Å². The van der Waals surface area contributed by atoms with Crippen molar-refractivity contribution in [2.45, 2.75) is 5.54 Å². The summed E-state index contributed by atoms with van der Waals surface area (Å²) in [5.41, 5.74) is -1.54. The van der Waals surface area contributed by atoms with Crippen LogP contribution < -0.4 is 5.32 Å². The van der Waals surface area contributed by atoms with Gasteiger partial charge in [0.2, 0.25) is 0 Å². The fourth-order valence-electron chi connectivity index (χ4n) is 1.05. The molecule has 0 unspecified atom stereocenters. The number of aliphatic hydroxyl groups excluding tert-OH is 3. The van der Waals surface area contributed by atoms with Crippen molar-refractivity contribution >= 4 is 11.8 Å². The van der Waals surface area contributed by atoms with Gasteiger partial charge >= 0.3 is 5.97 Å². The second kappa shape index (κ2) is 5.53. The van der Waals surface area contributed by atoms with Crippen LogP contribution in [0.3, 0.4) is 0 Å². The second-order valence-corrected chi connectivity index (χ2v) is 3.49. The Bertz CT molecular complexity index is 368. The van der Waals surface area contributed by atoms with Gasteiger partial charge in [0.1, 0.15) is 11.4 Å². The quantitative estimate of drug-likeness (QED) is 0.399. The van der Waals surface area contributed by atoms with Gasteiger partial charge in [-0.2, -0.15) is 0 Å². The maximum Gasteiger partial charge on any atom is 0.356 e. The summed E-state index contributed by atoms with van der Waals surface area (Å²) >= 11 is 0. The van der Waals surface area contributed by atoms with Crippen LogP contribution in [0, 0.1) is 0 Å². The van der Waals surface area contributed by atoms with Crippen molar-refractivity contribution in [1.29, 1.82) is 0 Å². The minimum atomic E-state index is -1.32. The SMILES string of the molecule is O=C(O)c1ccc(NC(CO)(CO)CO)nn1. The zero-order valence-electron chi connectivity index (χ0n) is 8.87. The van der Waals surface area contributed by atoms with Gasteiger partial charge in [-0.25, -0.2) is 4.79 Å². The summed E-state index contributed by atoms with van der Waals surface area (Å²) in [6, 6.07) is 2.54. The molecule has 1 rings (SSSR count). The molecule has 0 aliphatic rings. The number of hydrogen-bond acceptors (Lipinski definition) is 7. The van der Waals surface area contributed by atoms with Gasteiger partial charge in [-0.15, -0.1) is 10.2 Å². The molecule has 0 atom stereocenters. The third-order valence-electron chi connectivity index (χ3n) is 2.18. The molecule has 0 saturated carbocycles. The number of carboxylic acids is 1. The van der Waals surface area contributed by atoms with Crippen LogP contribution in [0.15, 0.2) is 12.1 Å². The van der Waals surface area contributed by atoms with Gasteiger partial charge in [0.15, 0.2) is 5.69 Å². The molecule has 0 fully saturated rings. The summed E-state index contributed by atoms with van der Waals surface area (Å²) in [5, 5.41) is 45.3. The van der Waals surface area contributed by atoms with E-state index in [4.69, 9.17) is 20.4 Å². The highest BCUT2D eigenvalue weighted by molar-refractivity contribution is 5.85. The predicted molar refractivity (Wildman–Crippen MR) is 56.6 cm³/mol. The second-order valence-electron chi connectivity index (χ2n) is 3.49. The number of aliphatic hydroxyl groups is 3. The molecule has 0 bridgehead atoms. The van der Waals surface area contributed by atoms with Crippen LogP contribution in [0.1, 0.15) is 10.5 Å². The molecule has 8 heteroatoms. The molecular formula is C9H13N3O5. The maximum absolute atomic E-state index is 10.5. The Balaban J connectivity index is 2.84. The Morgan fingerprint density at radius 2 is 1.76 bits per heavy atom. The van der Waals surface area contributed by atoms with Crippen LogP contribution in [0.4, 0.5) is 5.82 Å². The lowest BCUT2D eigenvalue weighted by Crippen LogP contribution is -2.49. The Kier molecular flexibility index (Phi) is 4.32. The molecule has 1 aromatic rings. The molecule has 8 nitrogen and oxygen atoms in total. The zero-order valence-corrected chi connectivity index (χ0v) is 8.87. The minimum absolute atomic E-state index is 0.146. The molecule has 1 heterocycles. The zero-order chi connectivity index (χ0) is 12.9. The summed E-state index contributed by atoms with van der Waals surface area (Å²) in [5.74, 6) is -1.06. The molecule has 5 N–H and O–H groups in total. The number of nitrogens with one attached hydrogen (secondary N) is 1. The first-order chi connectivity index (χ1) is 8.06. The Labute approximate surface area is 96.6 Å². The van der Waals surface area contributed by atoms with Crippen molar-refractivity contribution < 1.29 is 25.2 Å². The standard InChI is InChI=1S/C9H13N3O5/c13-3-9(4-14,5-15)10-7-2-1-6(8(16)17)11-12-7/h1-2,13-15H,3-5H2,(H,10,12)(H,16,17). The van der Waals surface area contributed by atoms with Crippen LogP contribution in [-0.4, -0.2) is 62.0 Å². The number of hydrogen-bond donors (Lipinski definition) is 5. The van der Waals surface area contributed by atoms with Crippen molar-refractivity contribution in [2.24, 2.45) is 0 Å². The number of aromatic nitrogens is 2. The van der Waals surface area contributed by atoms with Gasteiger partial charge in [0, 0.05) is 0 Å². The predicted octanol–water partition coefficient (Wildman–Crippen LogP) is -1.70. The lowest BCUT2D eigenvalue weighted by atomic mass is 10.0. The van der Waals surface area contributed by atoms with E-state index in [0.717, 1.165) is 0 Å². The molecule has 0 aromatic carbocycles. The van der Waals surface area contributed by atoms with E-state index in [1.54, 1.807) is 0 Å². The lowest BCUT2D eigenvalue weighted by molar-refractivity contribution is 0.0688. The van der Waals surface area contributed by atoms with Gasteiger partial charge in [-0.3, -0.25) is 0 Å². The summed E-state index contributed by atoms with van der Waals surface area (Å²) in [6.45, 7) is -1.53. The van der Waals surface area contributed by atoms with Gasteiger partial charge in [0.25, 0.3) is 0 Å². The third kappa shape index (κ3) is 3.09. The highest BCUT2D eigenvalue weighted by Gasteiger charge is 2.28. The van der Waals surface area contributed by atoms with Gasteiger partial charge in [-0.1, -0.05) is 0 Å². The number of anilines is 1. The van der Waals surface area contributed by atoms with E-state index in [1.165, 1.54) is 12.1 Å². The fourth-order valence-corrected chi connectivity index (χ4v) is 1.05. The van der Waals surface area contributed by atoms with E-state index in [9.17, 15) is 4.79 Å². The molecule has 17 heavy (non-hydrogen) atoms. The molecular weight excluding hydrogens is 230 g/mol. The first kappa shape index (κ1) is 13.3. The number of carboxylic acid groups (broad SMARTS) is 1. The van der Waals surface area contributed by atoms with E-state index in [2.05, 4.69) is 15.5 Å². The highest BCUT2D eigenvalue weighted by atomic mass is 16.4. The van der Waals surface area contributed by atoms with Gasteiger partial charge in [0.05, 0.1) is 19.8 Å². The van der Waals surface area contributed by atoms with Gasteiger partial charge in [-0.05, 0) is 12.1 Å². The average molecular weight is 243 g/mol. The van der Waals surface area contributed by atoms with Crippen LogP contribution >= 0.6 is 0 Å². The monoisotopic (exact) mass is 243 g/mol. The molecule has 0 amide bonds. The summed E-state index contributed by atoms with van der Waals surface area (Å²) in [7, 11) is 0. The number of nitrogens with zero attached hydrogens (tertiary/aromatic N) is 2. The minimum Gasteiger partial charge on any atom is -0.476 e. The van der Waals surface area contributed by atoms with E-state index < -0.39 is 31.3 Å². The Morgan fingerprint density at radius 1 is 1.18 bits per heavy atom. The number of carbonyl (C=O) groups is 1. The van der Waals surface area contributed by atoms with Crippen LogP contribution in [0.2, 0.25) is 0 Å². The van der Waals surface area contributed by atoms with Crippen molar-refractivity contribution in [3.8, 4) is 0 Å². The fraction of sp³-hybridized carbons (Fsp3) is 0.444. The number of aromatic carboxylic acids is 1. The lowest BCUT2D eigenvalue weighted by Gasteiger charge is -2.28. The maximum atomic E-state index is 10.5. The van der Waals surface area contributed by atoms with Crippen molar-refractivity contribution in [3.63, 3.8) is 0 Å². The molecule has 1 aromatic heterocycles. The largest absolute Gasteiger partial charge is 0.476 e. The van der Waals surface area contributed by atoms with Crippen LogP contribution in [0.5, 0.6) is 0 Å². The van der Waals surface area contributed by atoms with E-state index in [0.29, 0.717) is 0 Å². The summed E-state index contributed by atoms with van der Waals surface area (Å²) < 4.78 is 0. The van der Waals surface area contributed by atoms with Crippen LogP contribution in [-0.2, 0) is 0 Å². The molecule has 0 radical (unpaired) electrons. The van der Waals surface area contributed by atoms with Crippen molar-refractivity contribution in [2.75, 3.05) is 25.1 Å². The van der Waals surface area contributed by atoms with Crippen molar-refractivity contribution in [3.05, 3.63) is 17.8 Å². The summed E-state index contributed by atoms with van der Waals surface area (Å²) in [6.07, 6.45) is 0. The van der Waals surface area contributed by atoms with Gasteiger partial charge < -0.3 is 25.7 Å². The molecule has 0 aliphatic carbocycles. The third-order valence-corrected chi connectivity index (χ3v) is 2.18. The van der Waals surface area contributed by atoms with E-state index in [1.807, 2.05) is 0 Å². The first-order valence-electron chi connectivity index (χ1n) is 4.74. The smallest absolute Gasteiger partial charge is 0.356 e. The highest BCUT2D eigenvalue weighted by Crippen LogP contribution is 2.12. The Hall–Kier alpha value is -1.77. The first-order valence-corrected chi connectivity index (χ1v) is 4.74. The van der Waals surface area contributed by atoms with E-state index >= 15 is 0 Å². The molecule has 0 saturated heterocycles. The average Bonchev–Trinajstić information content (AvgIpc) is 2.37. The normalized spacial score (nSPS) is 11.2.